The van der Waals surface area contributed by atoms with Crippen LogP contribution in [0.3, 0.4) is 0 Å². The van der Waals surface area contributed by atoms with Gasteiger partial charge in [0.15, 0.2) is 0 Å². The summed E-state index contributed by atoms with van der Waals surface area (Å²) in [5.41, 5.74) is 3.81. The molecule has 1 aliphatic heterocycles. The van der Waals surface area contributed by atoms with E-state index in [1.807, 2.05) is 44.2 Å². The van der Waals surface area contributed by atoms with Gasteiger partial charge in [0, 0.05) is 29.2 Å². The van der Waals surface area contributed by atoms with E-state index in [1.165, 1.54) is 7.05 Å². The molecule has 1 aliphatic carbocycles. The van der Waals surface area contributed by atoms with Crippen LogP contribution in [-0.4, -0.2) is 56.8 Å². The first-order chi connectivity index (χ1) is 17.6. The number of aliphatic hydroxyl groups is 2. The molecule has 1 aromatic heterocycles. The zero-order chi connectivity index (χ0) is 26.9. The summed E-state index contributed by atoms with van der Waals surface area (Å²) in [7, 11) is 1.49. The van der Waals surface area contributed by atoms with Crippen LogP contribution in [0.5, 0.6) is 5.75 Å². The highest BCUT2D eigenvalue weighted by atomic mass is 79.9. The number of pyridine rings is 1. The second-order valence-electron chi connectivity index (χ2n) is 10.1. The Kier molecular flexibility index (Phi) is 8.31. The highest BCUT2D eigenvalue weighted by Gasteiger charge is 2.53. The third-order valence-electron chi connectivity index (χ3n) is 7.59. The summed E-state index contributed by atoms with van der Waals surface area (Å²) in [5, 5.41) is 32.3. The van der Waals surface area contributed by atoms with Crippen LogP contribution in [0, 0.1) is 23.7 Å². The molecule has 1 fully saturated rings. The van der Waals surface area contributed by atoms with Crippen LogP contribution in [0.1, 0.15) is 44.4 Å². The maximum Gasteiger partial charge on any atom is 0.233 e. The number of hydrogen-bond donors (Lipinski definition) is 3. The van der Waals surface area contributed by atoms with Gasteiger partial charge in [-0.2, -0.15) is 0 Å². The minimum absolute atomic E-state index is 0.0536. The second kappa shape index (κ2) is 11.3. The van der Waals surface area contributed by atoms with Gasteiger partial charge in [-0.05, 0) is 72.7 Å². The molecule has 2 amide bonds. The molecular formula is C29H33BrN2O5. The number of fused-ring (bicyclic) bond motifs is 1. The fourth-order valence-electron chi connectivity index (χ4n) is 5.71. The first-order valence-corrected chi connectivity index (χ1v) is 13.4. The van der Waals surface area contributed by atoms with Crippen molar-refractivity contribution in [3.63, 3.8) is 0 Å². The van der Waals surface area contributed by atoms with Gasteiger partial charge in [-0.15, -0.1) is 0 Å². The number of imide groups is 1. The summed E-state index contributed by atoms with van der Waals surface area (Å²) in [6.45, 7) is 3.71. The number of aromatic hydroxyl groups is 1. The van der Waals surface area contributed by atoms with Crippen molar-refractivity contribution in [2.45, 2.75) is 39.2 Å². The van der Waals surface area contributed by atoms with E-state index in [-0.39, 0.29) is 30.1 Å². The highest BCUT2D eigenvalue weighted by Crippen LogP contribution is 2.47. The Bertz CT molecular complexity index is 1240. The SMILES string of the molecule is CC(C)C1=C([C@H](O)CC/C(=C/c2cc(Br)ccc2O)c2ccccn2)[C@H](CO)[C@@H]2C(=O)N(C)C(=O)[C@@H]2C1. The number of carbonyl (C=O) groups is 2. The number of aromatic nitrogens is 1. The summed E-state index contributed by atoms with van der Waals surface area (Å²) in [6, 6.07) is 10.8. The largest absolute Gasteiger partial charge is 0.507 e. The Labute approximate surface area is 225 Å². The van der Waals surface area contributed by atoms with Crippen molar-refractivity contribution in [3.8, 4) is 5.75 Å². The Hall–Kier alpha value is -2.81. The lowest BCUT2D eigenvalue weighted by Crippen LogP contribution is -2.39. The molecule has 37 heavy (non-hydrogen) atoms. The number of allylic oxidation sites excluding steroid dienone is 2. The van der Waals surface area contributed by atoms with E-state index in [0.29, 0.717) is 30.4 Å². The van der Waals surface area contributed by atoms with Crippen molar-refractivity contribution in [3.05, 3.63) is 69.5 Å². The van der Waals surface area contributed by atoms with Gasteiger partial charge < -0.3 is 15.3 Å². The summed E-state index contributed by atoms with van der Waals surface area (Å²) >= 11 is 3.45. The molecule has 4 atom stereocenters. The van der Waals surface area contributed by atoms with Crippen molar-refractivity contribution in [2.24, 2.45) is 23.7 Å². The summed E-state index contributed by atoms with van der Waals surface area (Å²) in [5.74, 6) is -2.07. The van der Waals surface area contributed by atoms with E-state index < -0.39 is 23.9 Å². The molecule has 2 aromatic rings. The third-order valence-corrected chi connectivity index (χ3v) is 8.09. The van der Waals surface area contributed by atoms with Gasteiger partial charge in [0.25, 0.3) is 0 Å². The molecule has 0 bridgehead atoms. The molecule has 7 nitrogen and oxygen atoms in total. The Morgan fingerprint density at radius 1 is 1.22 bits per heavy atom. The lowest BCUT2D eigenvalue weighted by Gasteiger charge is -2.38. The van der Waals surface area contributed by atoms with Gasteiger partial charge in [-0.25, -0.2) is 0 Å². The average Bonchev–Trinajstić information content (AvgIpc) is 3.11. The molecule has 0 radical (unpaired) electrons. The molecule has 2 aliphatic rings. The van der Waals surface area contributed by atoms with Crippen LogP contribution in [0.15, 0.2) is 58.2 Å². The molecule has 3 N–H and O–H groups in total. The molecule has 0 spiro atoms. The smallest absolute Gasteiger partial charge is 0.233 e. The first kappa shape index (κ1) is 27.2. The topological polar surface area (TPSA) is 111 Å². The fraction of sp³-hybridized carbons (Fsp3) is 0.414. The minimum atomic E-state index is -0.910. The molecule has 2 heterocycles. The number of rotatable bonds is 8. The molecule has 0 saturated carbocycles. The summed E-state index contributed by atoms with van der Waals surface area (Å²) in [4.78, 5) is 31.3. The maximum atomic E-state index is 12.9. The highest BCUT2D eigenvalue weighted by molar-refractivity contribution is 9.10. The van der Waals surface area contributed by atoms with Crippen LogP contribution in [0.25, 0.3) is 11.6 Å². The number of halogens is 1. The zero-order valence-electron chi connectivity index (χ0n) is 21.3. The van der Waals surface area contributed by atoms with E-state index in [2.05, 4.69) is 20.9 Å². The van der Waals surface area contributed by atoms with Gasteiger partial charge in [-0.1, -0.05) is 41.4 Å². The second-order valence-corrected chi connectivity index (χ2v) is 11.1. The van der Waals surface area contributed by atoms with Crippen LogP contribution in [-0.2, 0) is 9.59 Å². The Balaban J connectivity index is 1.67. The van der Waals surface area contributed by atoms with Crippen molar-refractivity contribution >= 4 is 39.4 Å². The number of aliphatic hydroxyl groups excluding tert-OH is 2. The zero-order valence-corrected chi connectivity index (χ0v) is 22.9. The number of benzene rings is 1. The lowest BCUT2D eigenvalue weighted by molar-refractivity contribution is -0.138. The number of amides is 2. The fourth-order valence-corrected chi connectivity index (χ4v) is 6.08. The van der Waals surface area contributed by atoms with Crippen LogP contribution >= 0.6 is 15.9 Å². The van der Waals surface area contributed by atoms with E-state index in [4.69, 9.17) is 0 Å². The standard InChI is InChI=1S/C29H33BrN2O5/c1-16(2)20-14-21-27(29(37)32(3)28(21)36)22(15-33)26(20)25(35)9-7-17(23-6-4-5-11-31-23)12-18-13-19(30)8-10-24(18)34/h4-6,8,10-13,16,21-22,25,27,33-35H,7,9,14-15H2,1-3H3/b17-12-/t21-,22+,25-,27-/m1/s1. The number of likely N-dealkylation sites (tertiary alicyclic amines) is 1. The van der Waals surface area contributed by atoms with Gasteiger partial charge in [0.2, 0.25) is 11.8 Å². The molecule has 1 aromatic carbocycles. The van der Waals surface area contributed by atoms with Crippen molar-refractivity contribution < 1.29 is 24.9 Å². The minimum Gasteiger partial charge on any atom is -0.507 e. The van der Waals surface area contributed by atoms with Gasteiger partial charge in [0.05, 0.1) is 30.2 Å². The summed E-state index contributed by atoms with van der Waals surface area (Å²) < 4.78 is 0.826. The predicted molar refractivity (Wildman–Crippen MR) is 145 cm³/mol. The van der Waals surface area contributed by atoms with Gasteiger partial charge >= 0.3 is 0 Å². The first-order valence-electron chi connectivity index (χ1n) is 12.6. The number of carbonyl (C=O) groups excluding carboxylic acids is 2. The van der Waals surface area contributed by atoms with E-state index in [0.717, 1.165) is 26.2 Å². The molecule has 1 saturated heterocycles. The maximum absolute atomic E-state index is 12.9. The van der Waals surface area contributed by atoms with E-state index in [9.17, 15) is 24.9 Å². The van der Waals surface area contributed by atoms with Crippen molar-refractivity contribution in [1.29, 1.82) is 0 Å². The lowest BCUT2D eigenvalue weighted by atomic mass is 9.66. The Morgan fingerprint density at radius 3 is 2.62 bits per heavy atom. The van der Waals surface area contributed by atoms with Crippen LogP contribution < -0.4 is 0 Å². The monoisotopic (exact) mass is 568 g/mol. The average molecular weight is 569 g/mol. The van der Waals surface area contributed by atoms with Crippen molar-refractivity contribution in [1.82, 2.24) is 9.88 Å². The van der Waals surface area contributed by atoms with Crippen LogP contribution in [0.2, 0.25) is 0 Å². The van der Waals surface area contributed by atoms with Gasteiger partial charge in [-0.3, -0.25) is 19.5 Å². The molecular weight excluding hydrogens is 536 g/mol. The number of phenolic OH excluding ortho intramolecular Hbond substituents is 1. The van der Waals surface area contributed by atoms with E-state index in [1.54, 1.807) is 18.3 Å². The predicted octanol–water partition coefficient (Wildman–Crippen LogP) is 4.43. The molecule has 196 valence electrons. The molecule has 4 rings (SSSR count). The van der Waals surface area contributed by atoms with Crippen LogP contribution in [0.4, 0.5) is 0 Å². The Morgan fingerprint density at radius 2 is 1.97 bits per heavy atom. The molecule has 0 unspecified atom stereocenters. The van der Waals surface area contributed by atoms with Crippen molar-refractivity contribution in [2.75, 3.05) is 13.7 Å². The normalized spacial score (nSPS) is 23.2. The number of phenols is 1. The quantitative estimate of drug-likeness (QED) is 0.321. The molecule has 8 heteroatoms. The van der Waals surface area contributed by atoms with Gasteiger partial charge in [0.1, 0.15) is 5.75 Å². The third kappa shape index (κ3) is 5.42. The number of hydrogen-bond acceptors (Lipinski definition) is 6. The number of nitrogens with zero attached hydrogens (tertiary/aromatic N) is 2. The van der Waals surface area contributed by atoms with E-state index >= 15 is 0 Å². The summed E-state index contributed by atoms with van der Waals surface area (Å²) in [6.07, 6.45) is 3.83.